The van der Waals surface area contributed by atoms with Gasteiger partial charge >= 0.3 is 6.09 Å². The SMILES string of the molecule is N#CC1(NC(=O)O)CC1.O=S(=O)(c1ccccc1Cl)[C@@H]1CC[C@@H](OCc2ccc(Cl)c(F)c2)C1. The molecule has 2 aliphatic rings. The normalized spacial score (nSPS) is 20.5. The number of ether oxygens (including phenoxy) is 1. The van der Waals surface area contributed by atoms with Gasteiger partial charge in [0.15, 0.2) is 9.84 Å². The van der Waals surface area contributed by atoms with Crippen LogP contribution in [0.15, 0.2) is 47.4 Å². The number of amides is 1. The maximum atomic E-state index is 13.4. The maximum Gasteiger partial charge on any atom is 0.405 e. The second-order valence-corrected chi connectivity index (χ2v) is 11.2. The number of sulfone groups is 1. The van der Waals surface area contributed by atoms with Crippen molar-refractivity contribution < 1.29 is 27.4 Å². The van der Waals surface area contributed by atoms with Gasteiger partial charge in [-0.25, -0.2) is 17.6 Å². The van der Waals surface area contributed by atoms with E-state index in [4.69, 9.17) is 38.3 Å². The van der Waals surface area contributed by atoms with Crippen LogP contribution in [0.5, 0.6) is 0 Å². The highest BCUT2D eigenvalue weighted by Gasteiger charge is 2.44. The van der Waals surface area contributed by atoms with Crippen LogP contribution < -0.4 is 5.32 Å². The number of benzene rings is 2. The van der Waals surface area contributed by atoms with Gasteiger partial charge < -0.3 is 15.2 Å². The van der Waals surface area contributed by atoms with Gasteiger partial charge in [0.05, 0.1) is 39.0 Å². The van der Waals surface area contributed by atoms with Crippen molar-refractivity contribution in [1.82, 2.24) is 5.32 Å². The predicted molar refractivity (Wildman–Crippen MR) is 125 cm³/mol. The molecule has 34 heavy (non-hydrogen) atoms. The van der Waals surface area contributed by atoms with E-state index >= 15 is 0 Å². The third kappa shape index (κ3) is 6.60. The Bertz CT molecular complexity index is 1200. The molecule has 0 bridgehead atoms. The van der Waals surface area contributed by atoms with E-state index in [1.165, 1.54) is 18.2 Å². The highest BCUT2D eigenvalue weighted by molar-refractivity contribution is 7.92. The molecule has 0 radical (unpaired) electrons. The second kappa shape index (κ2) is 10.9. The minimum atomic E-state index is -3.49. The molecule has 2 aromatic rings. The van der Waals surface area contributed by atoms with Crippen LogP contribution >= 0.6 is 23.2 Å². The molecule has 182 valence electrons. The number of hydrogen-bond donors (Lipinski definition) is 2. The summed E-state index contributed by atoms with van der Waals surface area (Å²) in [5.41, 5.74) is -0.0643. The molecular formula is C23H23Cl2FN2O5S. The average molecular weight is 529 g/mol. The first-order valence-corrected chi connectivity index (χ1v) is 12.8. The van der Waals surface area contributed by atoms with Crippen LogP contribution in [-0.2, 0) is 21.2 Å². The van der Waals surface area contributed by atoms with Crippen molar-refractivity contribution in [3.63, 3.8) is 0 Å². The van der Waals surface area contributed by atoms with E-state index in [0.717, 1.165) is 0 Å². The Morgan fingerprint density at radius 3 is 2.47 bits per heavy atom. The minimum absolute atomic E-state index is 0.0653. The van der Waals surface area contributed by atoms with Gasteiger partial charge in [-0.2, -0.15) is 5.26 Å². The van der Waals surface area contributed by atoms with Crippen molar-refractivity contribution in [1.29, 1.82) is 5.26 Å². The van der Waals surface area contributed by atoms with Gasteiger partial charge in [-0.1, -0.05) is 41.4 Å². The summed E-state index contributed by atoms with van der Waals surface area (Å²) in [5.74, 6) is -0.492. The van der Waals surface area contributed by atoms with E-state index in [2.05, 4.69) is 5.32 Å². The number of nitriles is 1. The van der Waals surface area contributed by atoms with Crippen molar-refractivity contribution >= 4 is 39.1 Å². The summed E-state index contributed by atoms with van der Waals surface area (Å²) in [6, 6.07) is 12.9. The number of halogens is 3. The Labute approximate surface area is 207 Å². The molecule has 2 atom stereocenters. The molecule has 0 saturated heterocycles. The summed E-state index contributed by atoms with van der Waals surface area (Å²) in [7, 11) is -3.49. The molecule has 7 nitrogen and oxygen atoms in total. The van der Waals surface area contributed by atoms with E-state index in [0.29, 0.717) is 37.7 Å². The number of hydrogen-bond acceptors (Lipinski definition) is 5. The molecule has 0 heterocycles. The average Bonchev–Trinajstić information content (AvgIpc) is 3.38. The molecule has 2 aromatic carbocycles. The molecule has 2 saturated carbocycles. The second-order valence-electron chi connectivity index (χ2n) is 8.22. The zero-order valence-electron chi connectivity index (χ0n) is 18.0. The molecule has 2 aliphatic carbocycles. The number of nitrogens with zero attached hydrogens (tertiary/aromatic N) is 1. The summed E-state index contributed by atoms with van der Waals surface area (Å²) >= 11 is 11.7. The van der Waals surface area contributed by atoms with Crippen molar-refractivity contribution in [3.05, 3.63) is 63.9 Å². The minimum Gasteiger partial charge on any atom is -0.465 e. The lowest BCUT2D eigenvalue weighted by molar-refractivity contribution is 0.0457. The van der Waals surface area contributed by atoms with Crippen molar-refractivity contribution in [2.24, 2.45) is 0 Å². The first kappa shape index (κ1) is 26.2. The molecule has 0 aliphatic heterocycles. The van der Waals surface area contributed by atoms with Gasteiger partial charge in [0, 0.05) is 0 Å². The van der Waals surface area contributed by atoms with E-state index in [1.807, 2.05) is 6.07 Å². The van der Waals surface area contributed by atoms with Gasteiger partial charge in [-0.05, 0) is 61.9 Å². The van der Waals surface area contributed by atoms with Crippen LogP contribution in [0.4, 0.5) is 9.18 Å². The lowest BCUT2D eigenvalue weighted by Crippen LogP contribution is -2.33. The van der Waals surface area contributed by atoms with E-state index in [1.54, 1.807) is 24.3 Å². The Hall–Kier alpha value is -2.38. The van der Waals surface area contributed by atoms with Gasteiger partial charge in [-0.3, -0.25) is 0 Å². The fourth-order valence-corrected chi connectivity index (χ4v) is 6.08. The summed E-state index contributed by atoms with van der Waals surface area (Å²) in [4.78, 5) is 10.1. The fraction of sp³-hybridized carbons (Fsp3) is 0.391. The Kier molecular flexibility index (Phi) is 8.42. The van der Waals surface area contributed by atoms with Crippen molar-refractivity contribution in [2.45, 2.75) is 60.5 Å². The lowest BCUT2D eigenvalue weighted by Gasteiger charge is -2.14. The predicted octanol–water partition coefficient (Wildman–Crippen LogP) is 5.35. The lowest BCUT2D eigenvalue weighted by atomic mass is 10.2. The quantitative estimate of drug-likeness (QED) is 0.521. The molecule has 0 aromatic heterocycles. The molecule has 2 N–H and O–H groups in total. The topological polar surface area (TPSA) is 116 Å². The zero-order valence-corrected chi connectivity index (χ0v) is 20.3. The van der Waals surface area contributed by atoms with Crippen LogP contribution in [0.1, 0.15) is 37.7 Å². The molecule has 0 spiro atoms. The summed E-state index contributed by atoms with van der Waals surface area (Å²) in [6.07, 6.45) is 1.57. The van der Waals surface area contributed by atoms with Crippen molar-refractivity contribution in [2.75, 3.05) is 0 Å². The summed E-state index contributed by atoms with van der Waals surface area (Å²) < 4.78 is 44.7. The Balaban J connectivity index is 0.000000302. The van der Waals surface area contributed by atoms with Gasteiger partial charge in [-0.15, -0.1) is 0 Å². The fourth-order valence-electron chi connectivity index (χ4n) is 3.63. The zero-order chi connectivity index (χ0) is 24.9. The summed E-state index contributed by atoms with van der Waals surface area (Å²) in [6.45, 7) is 0.220. The summed E-state index contributed by atoms with van der Waals surface area (Å²) in [5, 5.41) is 18.4. The van der Waals surface area contributed by atoms with Crippen LogP contribution in [0.25, 0.3) is 0 Å². The van der Waals surface area contributed by atoms with Crippen LogP contribution in [0, 0.1) is 17.1 Å². The number of carboxylic acid groups (broad SMARTS) is 1. The van der Waals surface area contributed by atoms with Gasteiger partial charge in [0.2, 0.25) is 0 Å². The maximum absolute atomic E-state index is 13.4. The molecule has 4 rings (SSSR count). The Morgan fingerprint density at radius 2 is 1.91 bits per heavy atom. The smallest absolute Gasteiger partial charge is 0.405 e. The highest BCUT2D eigenvalue weighted by atomic mass is 35.5. The van der Waals surface area contributed by atoms with Gasteiger partial charge in [0.25, 0.3) is 0 Å². The molecule has 2 fully saturated rings. The Morgan fingerprint density at radius 1 is 1.21 bits per heavy atom. The number of carbonyl (C=O) groups is 1. The first-order chi connectivity index (χ1) is 16.1. The highest BCUT2D eigenvalue weighted by Crippen LogP contribution is 2.35. The monoisotopic (exact) mass is 528 g/mol. The number of rotatable bonds is 6. The standard InChI is InChI=1S/C18H17Cl2FO3S.C5H6N2O2/c19-15-8-5-12(9-17(15)21)11-24-13-6-7-14(10-13)25(22,23)18-4-2-1-3-16(18)20;6-3-5(1-2-5)7-4(8)9/h1-5,8-9,13-14H,6-7,10-11H2;7H,1-2H2,(H,8,9)/t13-,14-;/m1./s1. The van der Waals surface area contributed by atoms with E-state index in [-0.39, 0.29) is 27.7 Å². The van der Waals surface area contributed by atoms with Crippen LogP contribution in [0.2, 0.25) is 10.0 Å². The van der Waals surface area contributed by atoms with E-state index in [9.17, 15) is 17.6 Å². The molecular weight excluding hydrogens is 506 g/mol. The third-order valence-corrected chi connectivity index (χ3v) is 8.72. The first-order valence-electron chi connectivity index (χ1n) is 10.5. The molecule has 1 amide bonds. The van der Waals surface area contributed by atoms with E-state index < -0.39 is 32.5 Å². The van der Waals surface area contributed by atoms with Gasteiger partial charge in [0.1, 0.15) is 11.4 Å². The van der Waals surface area contributed by atoms with Crippen molar-refractivity contribution in [3.8, 4) is 6.07 Å². The molecule has 11 heteroatoms. The van der Waals surface area contributed by atoms with Crippen LogP contribution in [0.3, 0.4) is 0 Å². The third-order valence-electron chi connectivity index (χ3n) is 5.70. The number of nitrogens with one attached hydrogen (secondary N) is 1. The van der Waals surface area contributed by atoms with Crippen LogP contribution in [-0.4, -0.2) is 36.5 Å². The molecule has 0 unspecified atom stereocenters. The largest absolute Gasteiger partial charge is 0.465 e.